The molecule has 1 aromatic rings. The molecule has 0 aromatic heterocycles. The quantitative estimate of drug-likeness (QED) is 0.815. The number of rotatable bonds is 3. The second-order valence-corrected chi connectivity index (χ2v) is 3.76. The zero-order chi connectivity index (χ0) is 12.1. The molecule has 0 bridgehead atoms. The first kappa shape index (κ1) is 11.5. The van der Waals surface area contributed by atoms with Crippen LogP contribution in [0.1, 0.15) is 18.0 Å². The van der Waals surface area contributed by atoms with Gasteiger partial charge in [-0.1, -0.05) is 30.9 Å². The largest absolute Gasteiger partial charge is 0.493 e. The first-order valence-electron chi connectivity index (χ1n) is 5.57. The Labute approximate surface area is 100 Å². The van der Waals surface area contributed by atoms with Gasteiger partial charge in [-0.2, -0.15) is 0 Å². The molecule has 1 aliphatic rings. The van der Waals surface area contributed by atoms with Crippen molar-refractivity contribution in [2.24, 2.45) is 0 Å². The van der Waals surface area contributed by atoms with E-state index in [0.29, 0.717) is 6.61 Å². The summed E-state index contributed by atoms with van der Waals surface area (Å²) in [6.07, 6.45) is 1.86. The van der Waals surface area contributed by atoms with Gasteiger partial charge in [-0.05, 0) is 6.07 Å². The average Bonchev–Trinajstić information content (AvgIpc) is 2.37. The summed E-state index contributed by atoms with van der Waals surface area (Å²) in [5.74, 6) is 0.827. The topological polar surface area (TPSA) is 47.6 Å². The van der Waals surface area contributed by atoms with Gasteiger partial charge in [0.15, 0.2) is 0 Å². The van der Waals surface area contributed by atoms with Gasteiger partial charge in [0.25, 0.3) is 0 Å². The predicted molar refractivity (Wildman–Crippen MR) is 64.0 cm³/mol. The summed E-state index contributed by atoms with van der Waals surface area (Å²) in [7, 11) is 0. The number of nitrogens with one attached hydrogen (secondary N) is 1. The van der Waals surface area contributed by atoms with E-state index in [1.807, 2.05) is 24.3 Å². The summed E-state index contributed by atoms with van der Waals surface area (Å²) in [6.45, 7) is 4.31. The fraction of sp³-hybridized carbons (Fsp3) is 0.308. The lowest BCUT2D eigenvalue weighted by atomic mass is 10.0. The Balaban J connectivity index is 2.03. The number of hydrogen-bond acceptors (Lipinski definition) is 3. The van der Waals surface area contributed by atoms with E-state index in [9.17, 15) is 4.79 Å². The van der Waals surface area contributed by atoms with E-state index in [1.54, 1.807) is 0 Å². The Morgan fingerprint density at radius 1 is 1.59 bits per heavy atom. The van der Waals surface area contributed by atoms with E-state index >= 15 is 0 Å². The van der Waals surface area contributed by atoms with Crippen LogP contribution in [-0.2, 0) is 4.74 Å². The van der Waals surface area contributed by atoms with Gasteiger partial charge >= 0.3 is 6.09 Å². The summed E-state index contributed by atoms with van der Waals surface area (Å²) in [5.41, 5.74) is 0.995. The van der Waals surface area contributed by atoms with Crippen LogP contribution in [0.15, 0.2) is 36.9 Å². The van der Waals surface area contributed by atoms with Crippen molar-refractivity contribution in [2.45, 2.75) is 12.5 Å². The highest BCUT2D eigenvalue weighted by molar-refractivity contribution is 5.68. The highest BCUT2D eigenvalue weighted by Crippen LogP contribution is 2.31. The third-order valence-electron chi connectivity index (χ3n) is 2.58. The number of para-hydroxylation sites is 1. The van der Waals surface area contributed by atoms with Gasteiger partial charge < -0.3 is 14.8 Å². The standard InChI is InChI=1S/C13H15NO3/c1-2-8-17-13(15)14-11-7-9-16-12-6-4-3-5-10(11)12/h2-6,11H,1,7-9H2,(H,14,15). The normalized spacial score (nSPS) is 17.5. The Hall–Kier alpha value is -1.97. The minimum absolute atomic E-state index is 0.0442. The molecule has 2 rings (SSSR count). The molecule has 17 heavy (non-hydrogen) atoms. The molecule has 4 heteroatoms. The number of hydrogen-bond donors (Lipinski definition) is 1. The van der Waals surface area contributed by atoms with Crippen molar-refractivity contribution < 1.29 is 14.3 Å². The first-order chi connectivity index (χ1) is 8.31. The zero-order valence-corrected chi connectivity index (χ0v) is 9.52. The number of alkyl carbamates (subject to hydrolysis) is 1. The molecule has 0 saturated heterocycles. The van der Waals surface area contributed by atoms with Gasteiger partial charge in [0, 0.05) is 12.0 Å². The Kier molecular flexibility index (Phi) is 3.65. The molecule has 0 saturated carbocycles. The molecule has 0 spiro atoms. The van der Waals surface area contributed by atoms with Crippen LogP contribution in [0.3, 0.4) is 0 Å². The number of benzene rings is 1. The van der Waals surface area contributed by atoms with Crippen molar-refractivity contribution in [3.8, 4) is 5.75 Å². The maximum Gasteiger partial charge on any atom is 0.407 e. The van der Waals surface area contributed by atoms with Gasteiger partial charge in [-0.25, -0.2) is 4.79 Å². The van der Waals surface area contributed by atoms with Crippen molar-refractivity contribution in [3.05, 3.63) is 42.5 Å². The molecule has 90 valence electrons. The highest BCUT2D eigenvalue weighted by atomic mass is 16.5. The Bertz CT molecular complexity index is 417. The molecule has 1 N–H and O–H groups in total. The minimum Gasteiger partial charge on any atom is -0.493 e. The number of amides is 1. The van der Waals surface area contributed by atoms with Gasteiger partial charge in [0.1, 0.15) is 12.4 Å². The van der Waals surface area contributed by atoms with Crippen molar-refractivity contribution in [1.29, 1.82) is 0 Å². The van der Waals surface area contributed by atoms with Crippen molar-refractivity contribution in [1.82, 2.24) is 5.32 Å². The molecule has 1 atom stereocenters. The van der Waals surface area contributed by atoms with Crippen molar-refractivity contribution in [3.63, 3.8) is 0 Å². The lowest BCUT2D eigenvalue weighted by Gasteiger charge is -2.26. The fourth-order valence-corrected chi connectivity index (χ4v) is 1.81. The van der Waals surface area contributed by atoms with E-state index in [4.69, 9.17) is 9.47 Å². The van der Waals surface area contributed by atoms with Gasteiger partial charge in [0.2, 0.25) is 0 Å². The first-order valence-corrected chi connectivity index (χ1v) is 5.57. The van der Waals surface area contributed by atoms with Crippen molar-refractivity contribution in [2.75, 3.05) is 13.2 Å². The zero-order valence-electron chi connectivity index (χ0n) is 9.52. The smallest absolute Gasteiger partial charge is 0.407 e. The molecule has 1 heterocycles. The molecule has 4 nitrogen and oxygen atoms in total. The van der Waals surface area contributed by atoms with E-state index in [1.165, 1.54) is 6.08 Å². The van der Waals surface area contributed by atoms with Crippen LogP contribution >= 0.6 is 0 Å². The molecule has 0 aliphatic carbocycles. The summed E-state index contributed by atoms with van der Waals surface area (Å²) in [4.78, 5) is 11.5. The summed E-state index contributed by atoms with van der Waals surface area (Å²) in [5, 5.41) is 2.82. The van der Waals surface area contributed by atoms with Gasteiger partial charge in [-0.15, -0.1) is 0 Å². The third-order valence-corrected chi connectivity index (χ3v) is 2.58. The van der Waals surface area contributed by atoms with E-state index in [2.05, 4.69) is 11.9 Å². The number of fused-ring (bicyclic) bond motifs is 1. The predicted octanol–water partition coefficient (Wildman–Crippen LogP) is 2.42. The molecular weight excluding hydrogens is 218 g/mol. The number of ether oxygens (including phenoxy) is 2. The molecule has 1 aromatic carbocycles. The van der Waals surface area contributed by atoms with Crippen LogP contribution in [0, 0.1) is 0 Å². The van der Waals surface area contributed by atoms with Crippen LogP contribution in [-0.4, -0.2) is 19.3 Å². The van der Waals surface area contributed by atoms with E-state index in [-0.39, 0.29) is 12.6 Å². The maximum atomic E-state index is 11.5. The second-order valence-electron chi connectivity index (χ2n) is 3.76. The molecule has 0 fully saturated rings. The Morgan fingerprint density at radius 2 is 2.41 bits per heavy atom. The second kappa shape index (κ2) is 5.39. The number of carbonyl (C=O) groups excluding carboxylic acids is 1. The van der Waals surface area contributed by atoms with Crippen LogP contribution in [0.25, 0.3) is 0 Å². The van der Waals surface area contributed by atoms with Crippen molar-refractivity contribution >= 4 is 6.09 Å². The summed E-state index contributed by atoms with van der Waals surface area (Å²) >= 11 is 0. The lowest BCUT2D eigenvalue weighted by Crippen LogP contribution is -2.32. The van der Waals surface area contributed by atoms with Gasteiger partial charge in [-0.3, -0.25) is 0 Å². The molecule has 1 amide bonds. The Morgan fingerprint density at radius 3 is 3.24 bits per heavy atom. The van der Waals surface area contributed by atoms with Crippen LogP contribution in [0.5, 0.6) is 5.75 Å². The fourth-order valence-electron chi connectivity index (χ4n) is 1.81. The van der Waals surface area contributed by atoms with Gasteiger partial charge in [0.05, 0.1) is 12.6 Å². The van der Waals surface area contributed by atoms with E-state index in [0.717, 1.165) is 17.7 Å². The van der Waals surface area contributed by atoms with Crippen LogP contribution in [0.2, 0.25) is 0 Å². The maximum absolute atomic E-state index is 11.5. The number of carbonyl (C=O) groups is 1. The van der Waals surface area contributed by atoms with Crippen LogP contribution < -0.4 is 10.1 Å². The molecule has 1 unspecified atom stereocenters. The monoisotopic (exact) mass is 233 g/mol. The lowest BCUT2D eigenvalue weighted by molar-refractivity contribution is 0.149. The molecular formula is C13H15NO3. The third kappa shape index (κ3) is 2.78. The minimum atomic E-state index is -0.424. The summed E-state index contributed by atoms with van der Waals surface area (Å²) < 4.78 is 10.4. The highest BCUT2D eigenvalue weighted by Gasteiger charge is 2.22. The molecule has 0 radical (unpaired) electrons. The van der Waals surface area contributed by atoms with Crippen LogP contribution in [0.4, 0.5) is 4.79 Å². The SMILES string of the molecule is C=CCOC(=O)NC1CCOc2ccccc21. The summed E-state index contributed by atoms with van der Waals surface area (Å²) in [6, 6.07) is 7.65. The van der Waals surface area contributed by atoms with E-state index < -0.39 is 6.09 Å². The molecule has 1 aliphatic heterocycles. The average molecular weight is 233 g/mol.